The average molecular weight is 316 g/mol. The number of benzene rings is 3. The molecule has 0 aliphatic carbocycles. The van der Waals surface area contributed by atoms with Crippen LogP contribution in [0.5, 0.6) is 0 Å². The van der Waals surface area contributed by atoms with E-state index in [4.69, 9.17) is 0 Å². The van der Waals surface area contributed by atoms with Crippen molar-refractivity contribution in [1.82, 2.24) is 0 Å². The Morgan fingerprint density at radius 1 is 0.792 bits per heavy atom. The summed E-state index contributed by atoms with van der Waals surface area (Å²) in [5, 5.41) is 0. The van der Waals surface area contributed by atoms with E-state index < -0.39 is 0 Å². The minimum atomic E-state index is -0.184. The Hall–Kier alpha value is -2.67. The molecule has 0 aromatic heterocycles. The summed E-state index contributed by atoms with van der Waals surface area (Å²) in [6.07, 6.45) is 6.33. The van der Waals surface area contributed by atoms with Gasteiger partial charge in [-0.1, -0.05) is 78.9 Å². The molecule has 24 heavy (non-hydrogen) atoms. The van der Waals surface area contributed by atoms with Crippen molar-refractivity contribution in [2.75, 3.05) is 0 Å². The third kappa shape index (κ3) is 3.80. The van der Waals surface area contributed by atoms with Gasteiger partial charge in [-0.3, -0.25) is 0 Å². The van der Waals surface area contributed by atoms with Crippen molar-refractivity contribution < 1.29 is 4.39 Å². The van der Waals surface area contributed by atoms with E-state index >= 15 is 0 Å². The van der Waals surface area contributed by atoms with Crippen LogP contribution in [0.2, 0.25) is 0 Å². The van der Waals surface area contributed by atoms with Gasteiger partial charge in [0, 0.05) is 5.56 Å². The van der Waals surface area contributed by atoms with Crippen LogP contribution in [0.25, 0.3) is 22.3 Å². The largest absolute Gasteiger partial charge is 0.206 e. The van der Waals surface area contributed by atoms with Gasteiger partial charge in [-0.15, -0.1) is 0 Å². The van der Waals surface area contributed by atoms with Gasteiger partial charge in [0.1, 0.15) is 5.82 Å². The van der Waals surface area contributed by atoms with Crippen LogP contribution in [0.1, 0.15) is 18.9 Å². The average Bonchev–Trinajstić information content (AvgIpc) is 2.63. The van der Waals surface area contributed by atoms with E-state index in [9.17, 15) is 4.39 Å². The quantitative estimate of drug-likeness (QED) is 0.461. The molecule has 0 aliphatic heterocycles. The van der Waals surface area contributed by atoms with Crippen molar-refractivity contribution in [3.05, 3.63) is 96.3 Å². The topological polar surface area (TPSA) is 0 Å². The summed E-state index contributed by atoms with van der Waals surface area (Å²) in [6, 6.07) is 23.5. The molecule has 0 saturated carbocycles. The lowest BCUT2D eigenvalue weighted by Crippen LogP contribution is -1.88. The molecule has 120 valence electrons. The van der Waals surface area contributed by atoms with Crippen molar-refractivity contribution in [3.63, 3.8) is 0 Å². The Labute approximate surface area is 143 Å². The highest BCUT2D eigenvalue weighted by Gasteiger charge is 2.07. The van der Waals surface area contributed by atoms with E-state index in [1.807, 2.05) is 49.4 Å². The van der Waals surface area contributed by atoms with Crippen LogP contribution in [0, 0.1) is 5.82 Å². The molecular formula is C23H21F. The van der Waals surface area contributed by atoms with Crippen molar-refractivity contribution in [2.45, 2.75) is 19.8 Å². The van der Waals surface area contributed by atoms with Crippen molar-refractivity contribution in [3.8, 4) is 22.3 Å². The fraction of sp³-hybridized carbons (Fsp3) is 0.130. The van der Waals surface area contributed by atoms with E-state index in [-0.39, 0.29) is 5.82 Å². The van der Waals surface area contributed by atoms with Crippen LogP contribution in [-0.2, 0) is 6.42 Å². The van der Waals surface area contributed by atoms with Gasteiger partial charge in [0.2, 0.25) is 0 Å². The molecule has 1 heteroatoms. The molecule has 0 N–H and O–H groups in total. The Kier molecular flexibility index (Phi) is 5.22. The zero-order chi connectivity index (χ0) is 16.8. The molecule has 3 aromatic carbocycles. The summed E-state index contributed by atoms with van der Waals surface area (Å²) in [5.74, 6) is -0.184. The predicted molar refractivity (Wildman–Crippen MR) is 100 cm³/mol. The highest BCUT2D eigenvalue weighted by atomic mass is 19.1. The lowest BCUT2D eigenvalue weighted by molar-refractivity contribution is 0.632. The molecule has 0 aliphatic rings. The van der Waals surface area contributed by atoms with E-state index in [1.54, 1.807) is 6.07 Å². The Morgan fingerprint density at radius 3 is 2.17 bits per heavy atom. The van der Waals surface area contributed by atoms with Gasteiger partial charge >= 0.3 is 0 Å². The smallest absolute Gasteiger partial charge is 0.131 e. The molecule has 3 aromatic rings. The van der Waals surface area contributed by atoms with Crippen LogP contribution in [0.15, 0.2) is 84.9 Å². The zero-order valence-corrected chi connectivity index (χ0v) is 13.9. The van der Waals surface area contributed by atoms with Gasteiger partial charge in [0.15, 0.2) is 0 Å². The van der Waals surface area contributed by atoms with Crippen molar-refractivity contribution in [1.29, 1.82) is 0 Å². The maximum atomic E-state index is 14.5. The fourth-order valence-corrected chi connectivity index (χ4v) is 2.83. The molecule has 0 saturated heterocycles. The summed E-state index contributed by atoms with van der Waals surface area (Å²) in [6.45, 7) is 2.04. The Morgan fingerprint density at radius 2 is 1.50 bits per heavy atom. The zero-order valence-electron chi connectivity index (χ0n) is 13.9. The SMILES string of the molecule is C/C=C/CCc1ccc(-c2ccc(-c3ccccc3)c(F)c2)cc1. The van der Waals surface area contributed by atoms with Crippen LogP contribution in [-0.4, -0.2) is 0 Å². The summed E-state index contributed by atoms with van der Waals surface area (Å²) < 4.78 is 14.5. The third-order valence-electron chi connectivity index (χ3n) is 4.18. The van der Waals surface area contributed by atoms with Crippen LogP contribution >= 0.6 is 0 Å². The second-order valence-electron chi connectivity index (χ2n) is 5.87. The molecule has 0 fully saturated rings. The molecule has 0 amide bonds. The third-order valence-corrected chi connectivity index (χ3v) is 4.18. The van der Waals surface area contributed by atoms with Crippen LogP contribution in [0.3, 0.4) is 0 Å². The molecule has 0 nitrogen and oxygen atoms in total. The molecule has 0 bridgehead atoms. The first-order chi connectivity index (χ1) is 11.8. The van der Waals surface area contributed by atoms with Crippen LogP contribution < -0.4 is 0 Å². The highest BCUT2D eigenvalue weighted by molar-refractivity contribution is 5.71. The molecule has 0 atom stereocenters. The lowest BCUT2D eigenvalue weighted by Gasteiger charge is -2.08. The number of halogens is 1. The lowest BCUT2D eigenvalue weighted by atomic mass is 9.98. The Balaban J connectivity index is 1.81. The van der Waals surface area contributed by atoms with Crippen LogP contribution in [0.4, 0.5) is 4.39 Å². The number of hydrogen-bond donors (Lipinski definition) is 0. The van der Waals surface area contributed by atoms with Gasteiger partial charge < -0.3 is 0 Å². The molecule has 3 rings (SSSR count). The maximum Gasteiger partial charge on any atom is 0.131 e. The van der Waals surface area contributed by atoms with Crippen molar-refractivity contribution in [2.24, 2.45) is 0 Å². The molecule has 0 spiro atoms. The normalized spacial score (nSPS) is 11.1. The summed E-state index contributed by atoms with van der Waals surface area (Å²) in [5.41, 5.74) is 4.80. The second kappa shape index (κ2) is 7.74. The summed E-state index contributed by atoms with van der Waals surface area (Å²) in [7, 11) is 0. The van der Waals surface area contributed by atoms with E-state index in [1.165, 1.54) is 5.56 Å². The first kappa shape index (κ1) is 16.2. The van der Waals surface area contributed by atoms with E-state index in [0.717, 1.165) is 29.5 Å². The highest BCUT2D eigenvalue weighted by Crippen LogP contribution is 2.28. The van der Waals surface area contributed by atoms with Gasteiger partial charge in [-0.25, -0.2) is 4.39 Å². The number of aryl methyl sites for hydroxylation is 1. The second-order valence-corrected chi connectivity index (χ2v) is 5.87. The molecule has 0 radical (unpaired) electrons. The van der Waals surface area contributed by atoms with E-state index in [2.05, 4.69) is 36.4 Å². The predicted octanol–water partition coefficient (Wildman–Crippen LogP) is 6.67. The molecule has 0 unspecified atom stereocenters. The standard InChI is InChI=1S/C23H21F/c1-2-3-5-8-18-11-13-19(14-12-18)21-15-16-22(23(24)17-21)20-9-6-4-7-10-20/h2-4,6-7,9-17H,5,8H2,1H3/b3-2+. The fourth-order valence-electron chi connectivity index (χ4n) is 2.83. The summed E-state index contributed by atoms with van der Waals surface area (Å²) in [4.78, 5) is 0. The number of allylic oxidation sites excluding steroid dienone is 2. The Bertz CT molecular complexity index is 814. The van der Waals surface area contributed by atoms with Gasteiger partial charge in [0.05, 0.1) is 0 Å². The monoisotopic (exact) mass is 316 g/mol. The van der Waals surface area contributed by atoms with E-state index in [0.29, 0.717) is 5.56 Å². The van der Waals surface area contributed by atoms with Gasteiger partial charge in [-0.05, 0) is 48.1 Å². The number of hydrogen-bond acceptors (Lipinski definition) is 0. The minimum absolute atomic E-state index is 0.184. The molecular weight excluding hydrogens is 295 g/mol. The number of rotatable bonds is 5. The van der Waals surface area contributed by atoms with Crippen molar-refractivity contribution >= 4 is 0 Å². The molecule has 0 heterocycles. The first-order valence-corrected chi connectivity index (χ1v) is 8.33. The van der Waals surface area contributed by atoms with Gasteiger partial charge in [-0.2, -0.15) is 0 Å². The summed E-state index contributed by atoms with van der Waals surface area (Å²) >= 11 is 0. The first-order valence-electron chi connectivity index (χ1n) is 8.33. The maximum absolute atomic E-state index is 14.5. The van der Waals surface area contributed by atoms with Gasteiger partial charge in [0.25, 0.3) is 0 Å². The minimum Gasteiger partial charge on any atom is -0.206 e.